The van der Waals surface area contributed by atoms with Gasteiger partial charge in [0.15, 0.2) is 0 Å². The standard InChI is InChI=1S/C13H25F3N2O2S/c1-2-7-17-8-3-4-11-21(19,20)18-9-5-12(6-10-18)13(14,15)16/h12,17H,2-11H2,1H3. The molecule has 21 heavy (non-hydrogen) atoms. The van der Waals surface area contributed by atoms with E-state index in [2.05, 4.69) is 12.2 Å². The molecule has 4 nitrogen and oxygen atoms in total. The van der Waals surface area contributed by atoms with E-state index in [1.807, 2.05) is 0 Å². The minimum absolute atomic E-state index is 0.0133. The van der Waals surface area contributed by atoms with Crippen molar-refractivity contribution in [3.05, 3.63) is 0 Å². The van der Waals surface area contributed by atoms with E-state index in [1.54, 1.807) is 0 Å². The summed E-state index contributed by atoms with van der Waals surface area (Å²) in [6.45, 7) is 3.72. The van der Waals surface area contributed by atoms with Gasteiger partial charge in [-0.2, -0.15) is 13.2 Å². The summed E-state index contributed by atoms with van der Waals surface area (Å²) >= 11 is 0. The SMILES string of the molecule is CCCNCCCCS(=O)(=O)N1CCC(C(F)(F)F)CC1. The third-order valence-electron chi connectivity index (χ3n) is 3.74. The Balaban J connectivity index is 2.29. The molecule has 0 spiro atoms. The molecule has 0 unspecified atom stereocenters. The van der Waals surface area contributed by atoms with Crippen molar-refractivity contribution in [3.8, 4) is 0 Å². The molecule has 1 saturated heterocycles. The molecule has 0 atom stereocenters. The number of piperidine rings is 1. The van der Waals surface area contributed by atoms with Crippen LogP contribution >= 0.6 is 0 Å². The minimum Gasteiger partial charge on any atom is -0.317 e. The van der Waals surface area contributed by atoms with Crippen LogP contribution in [0.4, 0.5) is 13.2 Å². The van der Waals surface area contributed by atoms with Crippen molar-refractivity contribution in [3.63, 3.8) is 0 Å². The Labute approximate surface area is 125 Å². The van der Waals surface area contributed by atoms with Crippen molar-refractivity contribution in [2.75, 3.05) is 31.9 Å². The molecule has 8 heteroatoms. The van der Waals surface area contributed by atoms with Crippen LogP contribution in [0.2, 0.25) is 0 Å². The van der Waals surface area contributed by atoms with Crippen LogP contribution < -0.4 is 5.32 Å². The van der Waals surface area contributed by atoms with Crippen LogP contribution in [0.15, 0.2) is 0 Å². The summed E-state index contributed by atoms with van der Waals surface area (Å²) in [4.78, 5) is 0. The monoisotopic (exact) mass is 330 g/mol. The van der Waals surface area contributed by atoms with Gasteiger partial charge in [-0.3, -0.25) is 0 Å². The summed E-state index contributed by atoms with van der Waals surface area (Å²) in [5, 5.41) is 3.19. The Bertz CT molecular complexity index is 391. The quantitative estimate of drug-likeness (QED) is 0.695. The molecule has 0 saturated carbocycles. The van der Waals surface area contributed by atoms with Crippen molar-refractivity contribution in [1.29, 1.82) is 0 Å². The van der Waals surface area contributed by atoms with E-state index in [9.17, 15) is 21.6 Å². The molecule has 1 heterocycles. The van der Waals surface area contributed by atoms with E-state index in [0.29, 0.717) is 6.42 Å². The highest BCUT2D eigenvalue weighted by molar-refractivity contribution is 7.89. The summed E-state index contributed by atoms with van der Waals surface area (Å²) in [5.41, 5.74) is 0. The highest BCUT2D eigenvalue weighted by atomic mass is 32.2. The summed E-state index contributed by atoms with van der Waals surface area (Å²) in [6, 6.07) is 0. The van der Waals surface area contributed by atoms with Gasteiger partial charge >= 0.3 is 6.18 Å². The molecule has 0 radical (unpaired) electrons. The lowest BCUT2D eigenvalue weighted by atomic mass is 9.98. The lowest BCUT2D eigenvalue weighted by molar-refractivity contribution is -0.182. The zero-order valence-electron chi connectivity index (χ0n) is 12.5. The van der Waals surface area contributed by atoms with E-state index in [1.165, 1.54) is 4.31 Å². The van der Waals surface area contributed by atoms with Crippen LogP contribution in [0, 0.1) is 5.92 Å². The number of halogens is 3. The number of nitrogens with zero attached hydrogens (tertiary/aromatic N) is 1. The molecule has 0 bridgehead atoms. The van der Waals surface area contributed by atoms with Gasteiger partial charge in [0, 0.05) is 13.1 Å². The molecule has 0 aromatic rings. The fraction of sp³-hybridized carbons (Fsp3) is 1.00. The fourth-order valence-corrected chi connectivity index (χ4v) is 4.02. The van der Waals surface area contributed by atoms with Gasteiger partial charge in [-0.15, -0.1) is 0 Å². The molecule has 0 amide bonds. The summed E-state index contributed by atoms with van der Waals surface area (Å²) in [5.74, 6) is -1.33. The Morgan fingerprint density at radius 1 is 1.14 bits per heavy atom. The van der Waals surface area contributed by atoms with E-state index in [-0.39, 0.29) is 31.7 Å². The van der Waals surface area contributed by atoms with E-state index >= 15 is 0 Å². The third kappa shape index (κ3) is 6.52. The van der Waals surface area contributed by atoms with Crippen LogP contribution in [0.25, 0.3) is 0 Å². The Morgan fingerprint density at radius 2 is 1.76 bits per heavy atom. The molecule has 1 aliphatic heterocycles. The fourth-order valence-electron chi connectivity index (χ4n) is 2.43. The average Bonchev–Trinajstić information content (AvgIpc) is 2.42. The average molecular weight is 330 g/mol. The van der Waals surface area contributed by atoms with E-state index in [0.717, 1.165) is 25.9 Å². The lowest BCUT2D eigenvalue weighted by Crippen LogP contribution is -2.43. The minimum atomic E-state index is -4.21. The van der Waals surface area contributed by atoms with Crippen LogP contribution in [0.1, 0.15) is 39.0 Å². The topological polar surface area (TPSA) is 49.4 Å². The van der Waals surface area contributed by atoms with Crippen LogP contribution in [0.3, 0.4) is 0 Å². The molecule has 1 rings (SSSR count). The lowest BCUT2D eigenvalue weighted by Gasteiger charge is -2.32. The number of nitrogens with one attached hydrogen (secondary N) is 1. The molecule has 0 aliphatic carbocycles. The van der Waals surface area contributed by atoms with Gasteiger partial charge in [-0.25, -0.2) is 12.7 Å². The zero-order chi connectivity index (χ0) is 15.9. The highest BCUT2D eigenvalue weighted by Gasteiger charge is 2.42. The number of rotatable bonds is 8. The van der Waals surface area contributed by atoms with Gasteiger partial charge < -0.3 is 5.32 Å². The Morgan fingerprint density at radius 3 is 2.29 bits per heavy atom. The largest absolute Gasteiger partial charge is 0.391 e. The first-order valence-corrected chi connectivity index (χ1v) is 9.13. The summed E-state index contributed by atoms with van der Waals surface area (Å²) in [7, 11) is -3.41. The Kier molecular flexibility index (Phi) is 7.42. The van der Waals surface area contributed by atoms with Gasteiger partial charge in [-0.1, -0.05) is 6.92 Å². The van der Waals surface area contributed by atoms with E-state index < -0.39 is 22.1 Å². The summed E-state index contributed by atoms with van der Waals surface area (Å²) < 4.78 is 62.9. The first-order valence-electron chi connectivity index (χ1n) is 7.52. The maximum absolute atomic E-state index is 12.5. The Hall–Kier alpha value is -0.340. The van der Waals surface area contributed by atoms with Crippen molar-refractivity contribution in [1.82, 2.24) is 9.62 Å². The van der Waals surface area contributed by atoms with Crippen LogP contribution in [0.5, 0.6) is 0 Å². The molecule has 1 N–H and O–H groups in total. The number of sulfonamides is 1. The first-order chi connectivity index (χ1) is 9.77. The predicted octanol–water partition coefficient (Wildman–Crippen LogP) is 2.37. The normalized spacial score (nSPS) is 19.0. The van der Waals surface area contributed by atoms with Gasteiger partial charge in [0.05, 0.1) is 11.7 Å². The number of hydrogen-bond acceptors (Lipinski definition) is 3. The molecule has 0 aromatic heterocycles. The molecular formula is C13H25F3N2O2S. The summed E-state index contributed by atoms with van der Waals surface area (Å²) in [6.07, 6.45) is -2.12. The van der Waals surface area contributed by atoms with Gasteiger partial charge in [-0.05, 0) is 45.2 Å². The molecule has 126 valence electrons. The van der Waals surface area contributed by atoms with E-state index in [4.69, 9.17) is 0 Å². The highest BCUT2D eigenvalue weighted by Crippen LogP contribution is 2.34. The first kappa shape index (κ1) is 18.7. The number of hydrogen-bond donors (Lipinski definition) is 1. The molecule has 1 fully saturated rings. The molecule has 0 aromatic carbocycles. The van der Waals surface area contributed by atoms with Gasteiger partial charge in [0.1, 0.15) is 0 Å². The number of alkyl halides is 3. The van der Waals surface area contributed by atoms with Crippen LogP contribution in [-0.4, -0.2) is 50.8 Å². The van der Waals surface area contributed by atoms with Gasteiger partial charge in [0.2, 0.25) is 10.0 Å². The molecule has 1 aliphatic rings. The van der Waals surface area contributed by atoms with Crippen molar-refractivity contribution >= 4 is 10.0 Å². The zero-order valence-corrected chi connectivity index (χ0v) is 13.3. The van der Waals surface area contributed by atoms with Crippen molar-refractivity contribution in [2.24, 2.45) is 5.92 Å². The second kappa shape index (κ2) is 8.33. The van der Waals surface area contributed by atoms with Crippen molar-refractivity contribution in [2.45, 2.75) is 45.2 Å². The van der Waals surface area contributed by atoms with Crippen LogP contribution in [-0.2, 0) is 10.0 Å². The van der Waals surface area contributed by atoms with Gasteiger partial charge in [0.25, 0.3) is 0 Å². The second-order valence-electron chi connectivity index (χ2n) is 5.49. The maximum Gasteiger partial charge on any atom is 0.391 e. The maximum atomic E-state index is 12.5. The predicted molar refractivity (Wildman–Crippen MR) is 76.5 cm³/mol. The third-order valence-corrected chi connectivity index (χ3v) is 5.70. The number of unbranched alkanes of at least 4 members (excludes halogenated alkanes) is 1. The van der Waals surface area contributed by atoms with Crippen molar-refractivity contribution < 1.29 is 21.6 Å². The molecular weight excluding hydrogens is 305 g/mol. The second-order valence-corrected chi connectivity index (χ2v) is 7.58. The smallest absolute Gasteiger partial charge is 0.317 e.